The lowest BCUT2D eigenvalue weighted by Gasteiger charge is -2.19. The van der Waals surface area contributed by atoms with Gasteiger partial charge in [-0.05, 0) is 18.2 Å². The summed E-state index contributed by atoms with van der Waals surface area (Å²) in [6.07, 6.45) is 2.29. The molecule has 132 valence electrons. The lowest BCUT2D eigenvalue weighted by molar-refractivity contribution is -0.121. The molecular formula is C19H17N3O4. The molecule has 2 aliphatic rings. The van der Waals surface area contributed by atoms with Gasteiger partial charge >= 0.3 is 0 Å². The maximum atomic E-state index is 12.4. The normalized spacial score (nSPS) is 18.3. The van der Waals surface area contributed by atoms with Crippen LogP contribution < -0.4 is 19.5 Å². The minimum Gasteiger partial charge on any atom is -0.496 e. The average Bonchev–Trinajstić information content (AvgIpc) is 3.23. The molecule has 0 saturated carbocycles. The summed E-state index contributed by atoms with van der Waals surface area (Å²) in [5.41, 5.74) is 3.61. The Morgan fingerprint density at radius 3 is 2.96 bits per heavy atom. The highest BCUT2D eigenvalue weighted by molar-refractivity contribution is 5.79. The van der Waals surface area contributed by atoms with Gasteiger partial charge in [0.15, 0.2) is 11.5 Å². The molecule has 26 heavy (non-hydrogen) atoms. The van der Waals surface area contributed by atoms with Crippen LogP contribution in [-0.4, -0.2) is 29.2 Å². The van der Waals surface area contributed by atoms with Crippen molar-refractivity contribution < 1.29 is 19.0 Å². The third-order valence-corrected chi connectivity index (χ3v) is 4.92. The summed E-state index contributed by atoms with van der Waals surface area (Å²) in [7, 11) is 1.62. The van der Waals surface area contributed by atoms with E-state index < -0.39 is 0 Å². The highest BCUT2D eigenvalue weighted by Gasteiger charge is 2.32. The van der Waals surface area contributed by atoms with Gasteiger partial charge in [-0.1, -0.05) is 6.07 Å². The first-order valence-corrected chi connectivity index (χ1v) is 8.44. The van der Waals surface area contributed by atoms with E-state index in [4.69, 9.17) is 19.2 Å². The molecule has 1 N–H and O–H groups in total. The van der Waals surface area contributed by atoms with Crippen molar-refractivity contribution in [2.24, 2.45) is 0 Å². The molecule has 1 atom stereocenters. The van der Waals surface area contributed by atoms with E-state index in [1.54, 1.807) is 7.11 Å². The fraction of sp³-hybridized carbons (Fsp3) is 0.263. The van der Waals surface area contributed by atoms with E-state index in [2.05, 4.69) is 5.32 Å². The summed E-state index contributed by atoms with van der Waals surface area (Å²) in [5, 5.41) is 2.94. The van der Waals surface area contributed by atoms with Crippen LogP contribution in [0.4, 0.5) is 0 Å². The summed E-state index contributed by atoms with van der Waals surface area (Å²) in [6, 6.07) is 9.61. The molecule has 1 unspecified atom stereocenters. The zero-order chi connectivity index (χ0) is 17.7. The molecule has 1 aromatic carbocycles. The molecule has 0 spiro atoms. The Labute approximate surface area is 149 Å². The van der Waals surface area contributed by atoms with E-state index in [-0.39, 0.29) is 18.6 Å². The molecule has 1 amide bonds. The van der Waals surface area contributed by atoms with E-state index in [0.717, 1.165) is 22.6 Å². The fourth-order valence-corrected chi connectivity index (χ4v) is 3.74. The number of hydrogen-bond donors (Lipinski definition) is 1. The molecule has 7 nitrogen and oxygen atoms in total. The molecule has 0 aliphatic carbocycles. The predicted octanol–water partition coefficient (Wildman–Crippen LogP) is 2.22. The lowest BCUT2D eigenvalue weighted by Crippen LogP contribution is -2.21. The molecule has 7 heteroatoms. The van der Waals surface area contributed by atoms with Crippen LogP contribution in [0.3, 0.4) is 0 Å². The van der Waals surface area contributed by atoms with Crippen LogP contribution in [0.5, 0.6) is 17.2 Å². The number of methoxy groups -OCH3 is 1. The summed E-state index contributed by atoms with van der Waals surface area (Å²) >= 11 is 0. The summed E-state index contributed by atoms with van der Waals surface area (Å²) in [4.78, 5) is 17.1. The van der Waals surface area contributed by atoms with Crippen LogP contribution in [0.25, 0.3) is 5.65 Å². The van der Waals surface area contributed by atoms with Crippen LogP contribution >= 0.6 is 0 Å². The van der Waals surface area contributed by atoms with Crippen molar-refractivity contribution in [1.29, 1.82) is 0 Å². The van der Waals surface area contributed by atoms with Gasteiger partial charge < -0.3 is 23.9 Å². The van der Waals surface area contributed by atoms with Crippen molar-refractivity contribution in [2.75, 3.05) is 13.9 Å². The van der Waals surface area contributed by atoms with Gasteiger partial charge in [0.25, 0.3) is 0 Å². The van der Waals surface area contributed by atoms with Crippen molar-refractivity contribution >= 4 is 11.6 Å². The van der Waals surface area contributed by atoms with Crippen LogP contribution in [-0.2, 0) is 11.3 Å². The Kier molecular flexibility index (Phi) is 3.28. The first-order valence-electron chi connectivity index (χ1n) is 8.44. The van der Waals surface area contributed by atoms with Crippen molar-refractivity contribution in [2.45, 2.75) is 18.9 Å². The highest BCUT2D eigenvalue weighted by atomic mass is 16.7. The molecule has 0 bridgehead atoms. The number of rotatable bonds is 2. The van der Waals surface area contributed by atoms with E-state index in [9.17, 15) is 4.79 Å². The zero-order valence-corrected chi connectivity index (χ0v) is 14.2. The summed E-state index contributed by atoms with van der Waals surface area (Å²) in [6.45, 7) is 0.604. The number of imidazole rings is 1. The molecule has 4 heterocycles. The smallest absolute Gasteiger partial charge is 0.231 e. The zero-order valence-electron chi connectivity index (χ0n) is 14.2. The third kappa shape index (κ3) is 2.20. The Hall–Kier alpha value is -3.22. The average molecular weight is 351 g/mol. The molecule has 0 saturated heterocycles. The first kappa shape index (κ1) is 15.1. The van der Waals surface area contributed by atoms with Crippen molar-refractivity contribution in [3.63, 3.8) is 0 Å². The number of nitrogens with one attached hydrogen (secondary N) is 1. The number of aromatic nitrogens is 2. The number of amides is 1. The minimum absolute atomic E-state index is 0.0163. The Morgan fingerprint density at radius 2 is 2.12 bits per heavy atom. The van der Waals surface area contributed by atoms with Crippen LogP contribution in [0.1, 0.15) is 29.3 Å². The molecule has 2 aliphatic heterocycles. The van der Waals surface area contributed by atoms with Crippen LogP contribution in [0, 0.1) is 0 Å². The number of benzene rings is 1. The maximum Gasteiger partial charge on any atom is 0.231 e. The summed E-state index contributed by atoms with van der Waals surface area (Å²) < 4.78 is 18.7. The number of nitrogens with zero attached hydrogens (tertiary/aromatic N) is 2. The second-order valence-electron chi connectivity index (χ2n) is 6.35. The Balaban J connectivity index is 1.75. The number of pyridine rings is 1. The standard InChI is InChI=1S/C19H17N3O4/c1-24-14-8-16-15(25-10-26-16)6-11(14)12-7-18(23)20-9-13-19(12)22-5-3-2-4-17(22)21-13/h2-6,8,12H,7,9-10H2,1H3,(H,20,23). The molecule has 0 fully saturated rings. The van der Waals surface area contributed by atoms with Crippen molar-refractivity contribution in [3.05, 3.63) is 53.5 Å². The third-order valence-electron chi connectivity index (χ3n) is 4.92. The number of carbonyl (C=O) groups is 1. The Morgan fingerprint density at radius 1 is 1.27 bits per heavy atom. The number of hydrogen-bond acceptors (Lipinski definition) is 5. The first-order chi connectivity index (χ1) is 12.7. The number of fused-ring (bicyclic) bond motifs is 4. The van der Waals surface area contributed by atoms with Gasteiger partial charge in [-0.2, -0.15) is 0 Å². The molecule has 5 rings (SSSR count). The van der Waals surface area contributed by atoms with Crippen molar-refractivity contribution in [3.8, 4) is 17.2 Å². The number of carbonyl (C=O) groups excluding carboxylic acids is 1. The van der Waals surface area contributed by atoms with Gasteiger partial charge in [0.2, 0.25) is 12.7 Å². The molecule has 3 aromatic rings. The van der Waals surface area contributed by atoms with Gasteiger partial charge in [0.05, 0.1) is 25.0 Å². The second-order valence-corrected chi connectivity index (χ2v) is 6.35. The van der Waals surface area contributed by atoms with Gasteiger partial charge in [-0.3, -0.25) is 4.79 Å². The van der Waals surface area contributed by atoms with E-state index in [1.165, 1.54) is 0 Å². The lowest BCUT2D eigenvalue weighted by atomic mass is 9.90. The molecule has 0 radical (unpaired) electrons. The van der Waals surface area contributed by atoms with Gasteiger partial charge in [0, 0.05) is 30.2 Å². The quantitative estimate of drug-likeness (QED) is 0.766. The fourth-order valence-electron chi connectivity index (χ4n) is 3.74. The molecule has 2 aromatic heterocycles. The van der Waals surface area contributed by atoms with E-state index in [1.807, 2.05) is 40.9 Å². The predicted molar refractivity (Wildman–Crippen MR) is 92.6 cm³/mol. The minimum atomic E-state index is -0.200. The Bertz CT molecular complexity index is 1030. The van der Waals surface area contributed by atoms with Gasteiger partial charge in [0.1, 0.15) is 11.4 Å². The largest absolute Gasteiger partial charge is 0.496 e. The maximum absolute atomic E-state index is 12.4. The van der Waals surface area contributed by atoms with E-state index in [0.29, 0.717) is 30.2 Å². The molecular weight excluding hydrogens is 334 g/mol. The SMILES string of the molecule is COc1cc2c(cc1C1CC(=O)NCc3nc4ccccn4c31)OCO2. The van der Waals surface area contributed by atoms with Crippen LogP contribution in [0.2, 0.25) is 0 Å². The highest BCUT2D eigenvalue weighted by Crippen LogP contribution is 2.44. The van der Waals surface area contributed by atoms with Crippen molar-refractivity contribution in [1.82, 2.24) is 14.7 Å². The van der Waals surface area contributed by atoms with Crippen LogP contribution in [0.15, 0.2) is 36.5 Å². The summed E-state index contributed by atoms with van der Waals surface area (Å²) in [5.74, 6) is 1.78. The van der Waals surface area contributed by atoms with Gasteiger partial charge in [-0.25, -0.2) is 4.98 Å². The van der Waals surface area contributed by atoms with E-state index >= 15 is 0 Å². The topological polar surface area (TPSA) is 74.1 Å². The monoisotopic (exact) mass is 351 g/mol. The van der Waals surface area contributed by atoms with Gasteiger partial charge in [-0.15, -0.1) is 0 Å². The number of ether oxygens (including phenoxy) is 3. The second kappa shape index (κ2) is 5.66.